The minimum Gasteiger partial charge on any atom is -0.457 e. The van der Waals surface area contributed by atoms with E-state index in [0.29, 0.717) is 60.7 Å². The van der Waals surface area contributed by atoms with Crippen LogP contribution in [0.25, 0.3) is 11.1 Å². The first-order valence-electron chi connectivity index (χ1n) is 16.3. The van der Waals surface area contributed by atoms with Gasteiger partial charge in [0.05, 0.1) is 5.56 Å². The van der Waals surface area contributed by atoms with Gasteiger partial charge in [-0.25, -0.2) is 8.78 Å². The van der Waals surface area contributed by atoms with Crippen molar-refractivity contribution in [1.82, 2.24) is 15.5 Å². The number of hydrogen-bond donors (Lipinski definition) is 2. The Hall–Kier alpha value is -4.77. The lowest BCUT2D eigenvalue weighted by Gasteiger charge is -2.33. The second-order valence-electron chi connectivity index (χ2n) is 12.5. The predicted molar refractivity (Wildman–Crippen MR) is 175 cm³/mol. The summed E-state index contributed by atoms with van der Waals surface area (Å²) in [7, 11) is 0. The Bertz CT molecular complexity index is 1750. The molecule has 0 saturated carbocycles. The summed E-state index contributed by atoms with van der Waals surface area (Å²) in [6, 6.07) is 24.0. The van der Waals surface area contributed by atoms with Crippen molar-refractivity contribution >= 4 is 11.8 Å². The van der Waals surface area contributed by atoms with Crippen LogP contribution in [-0.4, -0.2) is 55.1 Å². The lowest BCUT2D eigenvalue weighted by atomic mass is 9.73. The minimum absolute atomic E-state index is 0.0367. The first kappa shape index (κ1) is 34.1. The summed E-state index contributed by atoms with van der Waals surface area (Å²) in [5.74, 6) is -1.34. The van der Waals surface area contributed by atoms with E-state index in [9.17, 15) is 31.5 Å². The average molecular weight is 678 g/mol. The summed E-state index contributed by atoms with van der Waals surface area (Å²) in [5.41, 5.74) is 0.226. The second kappa shape index (κ2) is 14.4. The highest BCUT2D eigenvalue weighted by Gasteiger charge is 2.50. The van der Waals surface area contributed by atoms with E-state index in [4.69, 9.17) is 4.74 Å². The number of halogens is 5. The molecule has 11 heteroatoms. The number of para-hydroxylation sites is 2. The molecule has 1 heterocycles. The molecule has 1 aliphatic carbocycles. The molecule has 4 aromatic carbocycles. The first-order chi connectivity index (χ1) is 23.5. The zero-order valence-electron chi connectivity index (χ0n) is 26.7. The number of benzene rings is 4. The van der Waals surface area contributed by atoms with Crippen LogP contribution in [0.2, 0.25) is 0 Å². The van der Waals surface area contributed by atoms with Gasteiger partial charge in [0, 0.05) is 19.1 Å². The van der Waals surface area contributed by atoms with Gasteiger partial charge < -0.3 is 20.3 Å². The van der Waals surface area contributed by atoms with E-state index < -0.39 is 35.7 Å². The van der Waals surface area contributed by atoms with E-state index in [2.05, 4.69) is 10.2 Å². The van der Waals surface area contributed by atoms with E-state index in [1.165, 1.54) is 36.4 Å². The number of alkyl halides is 3. The van der Waals surface area contributed by atoms with Crippen molar-refractivity contribution in [3.63, 3.8) is 0 Å². The molecule has 2 N–H and O–H groups in total. The van der Waals surface area contributed by atoms with Crippen molar-refractivity contribution in [1.29, 1.82) is 0 Å². The number of nitrogens with one attached hydrogen (secondary N) is 2. The summed E-state index contributed by atoms with van der Waals surface area (Å²) < 4.78 is 74.6. The highest BCUT2D eigenvalue weighted by atomic mass is 19.4. The number of nitrogens with zero attached hydrogens (tertiary/aromatic N) is 1. The molecule has 0 bridgehead atoms. The third-order valence-electron chi connectivity index (χ3n) is 9.31. The molecule has 2 aliphatic rings. The molecule has 0 atom stereocenters. The van der Waals surface area contributed by atoms with Gasteiger partial charge in [-0.15, -0.1) is 0 Å². The molecule has 6 rings (SSSR count). The highest BCUT2D eigenvalue weighted by molar-refractivity contribution is 6.00. The zero-order chi connectivity index (χ0) is 34.6. The second-order valence-corrected chi connectivity index (χ2v) is 12.5. The van der Waals surface area contributed by atoms with Crippen LogP contribution < -0.4 is 15.4 Å². The van der Waals surface area contributed by atoms with Crippen molar-refractivity contribution in [2.45, 2.75) is 49.7 Å². The number of ether oxygens (including phenoxy) is 1. The third kappa shape index (κ3) is 7.62. The first-order valence-corrected chi connectivity index (χ1v) is 16.3. The highest BCUT2D eigenvalue weighted by Crippen LogP contribution is 2.52. The molecule has 1 saturated heterocycles. The number of fused-ring (bicyclic) bond motifs is 3. The van der Waals surface area contributed by atoms with Crippen molar-refractivity contribution in [3.8, 4) is 22.6 Å². The van der Waals surface area contributed by atoms with Crippen LogP contribution in [0.5, 0.6) is 11.5 Å². The van der Waals surface area contributed by atoms with Crippen LogP contribution in [-0.2, 0) is 10.2 Å². The monoisotopic (exact) mass is 677 g/mol. The summed E-state index contributed by atoms with van der Waals surface area (Å²) in [6.07, 6.45) is -2.13. The van der Waals surface area contributed by atoms with Crippen molar-refractivity contribution < 1.29 is 36.3 Å². The molecule has 6 nitrogen and oxygen atoms in total. The lowest BCUT2D eigenvalue weighted by Crippen LogP contribution is -2.47. The summed E-state index contributed by atoms with van der Waals surface area (Å²) in [4.78, 5) is 29.1. The maximum Gasteiger partial charge on any atom is 0.405 e. The quantitative estimate of drug-likeness (QED) is 0.126. The number of rotatable bonds is 11. The third-order valence-corrected chi connectivity index (χ3v) is 9.31. The molecule has 1 fully saturated rings. The minimum atomic E-state index is -4.66. The number of piperidine rings is 1. The fourth-order valence-corrected chi connectivity index (χ4v) is 6.96. The van der Waals surface area contributed by atoms with Gasteiger partial charge in [-0.2, -0.15) is 13.2 Å². The number of hydrogen-bond acceptors (Lipinski definition) is 4. The number of unbranched alkanes of at least 4 members (excludes halogenated alkanes) is 1. The molecule has 2 amide bonds. The Morgan fingerprint density at radius 2 is 1.43 bits per heavy atom. The van der Waals surface area contributed by atoms with Crippen LogP contribution >= 0.6 is 0 Å². The molecule has 0 unspecified atom stereocenters. The summed E-state index contributed by atoms with van der Waals surface area (Å²) in [6.45, 7) is 0.527. The number of amides is 2. The fraction of sp³-hybridized carbons (Fsp3) is 0.316. The molecule has 1 aliphatic heterocycles. The molecule has 256 valence electrons. The lowest BCUT2D eigenvalue weighted by molar-refractivity contribution is -0.141. The van der Waals surface area contributed by atoms with Gasteiger partial charge in [-0.05, 0) is 103 Å². The van der Waals surface area contributed by atoms with Gasteiger partial charge in [0.2, 0.25) is 5.91 Å². The van der Waals surface area contributed by atoms with Crippen LogP contribution in [0.3, 0.4) is 0 Å². The maximum atomic E-state index is 14.6. The summed E-state index contributed by atoms with van der Waals surface area (Å²) in [5, 5.41) is 5.13. The predicted octanol–water partition coefficient (Wildman–Crippen LogP) is 7.77. The largest absolute Gasteiger partial charge is 0.457 e. The smallest absolute Gasteiger partial charge is 0.405 e. The Kier molecular flexibility index (Phi) is 10.0. The van der Waals surface area contributed by atoms with Gasteiger partial charge in [0.15, 0.2) is 0 Å². The van der Waals surface area contributed by atoms with E-state index in [0.717, 1.165) is 12.8 Å². The summed E-state index contributed by atoms with van der Waals surface area (Å²) >= 11 is 0. The standard InChI is InChI=1S/C38H36F5N3O3/c39-25-12-14-29-30-15-13-26(40)23-33(30)37(32(29)22-25,36(48)44-24-38(41,42)43)18-6-7-19-46-20-16-27(17-21-46)45-35(47)31-10-4-5-11-34(31)49-28-8-2-1-3-9-28/h1-5,8-15,22-23,27H,6-7,16-21,24H2,(H,44,48)(H,45,47). The van der Waals surface area contributed by atoms with E-state index in [-0.39, 0.29) is 29.5 Å². The molecular weight excluding hydrogens is 641 g/mol. The van der Waals surface area contributed by atoms with E-state index in [1.807, 2.05) is 41.7 Å². The van der Waals surface area contributed by atoms with Crippen LogP contribution in [0.15, 0.2) is 91.0 Å². The van der Waals surface area contributed by atoms with Crippen LogP contribution in [0, 0.1) is 11.6 Å². The number of carbonyl (C=O) groups excluding carboxylic acids is 2. The zero-order valence-corrected chi connectivity index (χ0v) is 26.7. The molecule has 4 aromatic rings. The van der Waals surface area contributed by atoms with Crippen molar-refractivity contribution in [2.75, 3.05) is 26.2 Å². The fourth-order valence-electron chi connectivity index (χ4n) is 6.96. The average Bonchev–Trinajstić information content (AvgIpc) is 3.35. The van der Waals surface area contributed by atoms with Gasteiger partial charge in [-0.1, -0.05) is 48.9 Å². The van der Waals surface area contributed by atoms with Crippen LogP contribution in [0.1, 0.15) is 53.6 Å². The molecule has 49 heavy (non-hydrogen) atoms. The van der Waals surface area contributed by atoms with Crippen LogP contribution in [0.4, 0.5) is 22.0 Å². The Morgan fingerprint density at radius 1 is 0.816 bits per heavy atom. The maximum absolute atomic E-state index is 14.6. The SMILES string of the molecule is O=C(NC1CCN(CCCCC2(C(=O)NCC(F)(F)F)c3cc(F)ccc3-c3ccc(F)cc32)CC1)c1ccccc1Oc1ccccc1. The topological polar surface area (TPSA) is 70.7 Å². The molecule has 0 aromatic heterocycles. The van der Waals surface area contributed by atoms with Gasteiger partial charge in [0.25, 0.3) is 5.91 Å². The van der Waals surface area contributed by atoms with E-state index >= 15 is 0 Å². The Morgan fingerprint density at radius 3 is 2.06 bits per heavy atom. The number of carbonyl (C=O) groups is 2. The Labute approximate surface area is 281 Å². The van der Waals surface area contributed by atoms with Gasteiger partial charge in [-0.3, -0.25) is 9.59 Å². The number of likely N-dealkylation sites (tertiary alicyclic amines) is 1. The van der Waals surface area contributed by atoms with Gasteiger partial charge in [0.1, 0.15) is 35.1 Å². The van der Waals surface area contributed by atoms with Crippen molar-refractivity contribution in [3.05, 3.63) is 119 Å². The van der Waals surface area contributed by atoms with E-state index in [1.54, 1.807) is 18.2 Å². The normalized spacial score (nSPS) is 15.7. The molecular formula is C38H36F5N3O3. The molecule has 0 radical (unpaired) electrons. The molecule has 0 spiro atoms. The van der Waals surface area contributed by atoms with Gasteiger partial charge >= 0.3 is 6.18 Å². The Balaban J connectivity index is 1.08. The van der Waals surface area contributed by atoms with Crippen molar-refractivity contribution in [2.24, 2.45) is 0 Å².